The summed E-state index contributed by atoms with van der Waals surface area (Å²) in [6.07, 6.45) is 40.3. The Hall–Kier alpha value is -3.23. The fourth-order valence-electron chi connectivity index (χ4n) is 6.56. The van der Waals surface area contributed by atoms with Gasteiger partial charge in [0.15, 0.2) is 6.10 Å². The molecule has 0 aromatic carbocycles. The lowest BCUT2D eigenvalue weighted by atomic mass is 9.85. The summed E-state index contributed by atoms with van der Waals surface area (Å²) in [5, 5.41) is 50.2. The molecule has 0 aliphatic heterocycles. The third kappa shape index (κ3) is 32.2. The second kappa shape index (κ2) is 39.9. The zero-order valence-electron chi connectivity index (χ0n) is 39.2. The number of carbonyl (C=O) groups is 2. The highest BCUT2D eigenvalue weighted by molar-refractivity contribution is 7.47. The summed E-state index contributed by atoms with van der Waals surface area (Å²) in [4.78, 5) is 35.7. The van der Waals surface area contributed by atoms with Gasteiger partial charge in [-0.15, -0.1) is 0 Å². The second-order valence-corrected chi connectivity index (χ2v) is 17.6. The van der Waals surface area contributed by atoms with E-state index in [9.17, 15) is 44.6 Å². The lowest BCUT2D eigenvalue weighted by molar-refractivity contribution is -0.220. The standard InChI is InChI=1S/C51H83O13P/c1-3-5-7-9-11-13-15-17-19-21-22-24-25-27-29-31-33-35-37-39-44(52)61-41-43(42-62-65(59,60)64-51-49(57)47(55)46(54)48(56)50(51)58)63-45(53)40-38-36-34-32-30-28-26-23-20-18-16-14-12-10-8-6-4-2/h5,7,11,13,17-20,22,24,26-29,32,34,43,46-51,54-58H,3-4,6,8-10,12,14-16,21,23,25,30-31,33,35-42H2,1-2H3,(H,59,60)/b7-5+,13-11+,19-17+,20-18+,24-22+,28-26+,29-27+,34-32+/t43-,46?,47-,48?,49?,50?,51?/m0/s1. The van der Waals surface area contributed by atoms with Crippen LogP contribution in [0.3, 0.4) is 0 Å². The molecular formula is C51H83O13P. The molecule has 6 N–H and O–H groups in total. The van der Waals surface area contributed by atoms with Crippen molar-refractivity contribution in [3.05, 3.63) is 97.2 Å². The monoisotopic (exact) mass is 935 g/mol. The number of carbonyl (C=O) groups excluding carboxylic acids is 2. The Bertz CT molecular complexity index is 1500. The molecule has 14 heteroatoms. The number of hydrogen-bond acceptors (Lipinski definition) is 12. The number of unbranched alkanes of at least 4 members (excludes halogenated alkanes) is 10. The van der Waals surface area contributed by atoms with Crippen molar-refractivity contribution >= 4 is 19.8 Å². The van der Waals surface area contributed by atoms with E-state index in [0.29, 0.717) is 19.3 Å². The molecule has 1 saturated carbocycles. The first-order valence-corrected chi connectivity index (χ1v) is 25.5. The number of hydrogen-bond donors (Lipinski definition) is 6. The van der Waals surface area contributed by atoms with E-state index in [1.165, 1.54) is 38.5 Å². The summed E-state index contributed by atoms with van der Waals surface area (Å²) in [7, 11) is -5.15. The van der Waals surface area contributed by atoms with Crippen LogP contribution in [0.25, 0.3) is 0 Å². The highest BCUT2D eigenvalue weighted by atomic mass is 31.2. The molecule has 370 valence electrons. The van der Waals surface area contributed by atoms with E-state index in [1.54, 1.807) is 0 Å². The predicted octanol–water partition coefficient (Wildman–Crippen LogP) is 9.83. The largest absolute Gasteiger partial charge is 0.472 e. The Morgan fingerprint density at radius 1 is 0.492 bits per heavy atom. The van der Waals surface area contributed by atoms with Crippen LogP contribution in [-0.2, 0) is 32.7 Å². The Balaban J connectivity index is 2.51. The molecule has 1 aliphatic carbocycles. The van der Waals surface area contributed by atoms with Crippen LogP contribution in [0.5, 0.6) is 0 Å². The van der Waals surface area contributed by atoms with Crippen molar-refractivity contribution in [2.45, 2.75) is 198 Å². The predicted molar refractivity (Wildman–Crippen MR) is 258 cm³/mol. The minimum atomic E-state index is -5.15. The number of allylic oxidation sites excluding steroid dienone is 16. The highest BCUT2D eigenvalue weighted by Gasteiger charge is 2.51. The van der Waals surface area contributed by atoms with E-state index in [-0.39, 0.29) is 12.8 Å². The summed E-state index contributed by atoms with van der Waals surface area (Å²) >= 11 is 0. The van der Waals surface area contributed by atoms with Gasteiger partial charge < -0.3 is 39.9 Å². The van der Waals surface area contributed by atoms with Gasteiger partial charge in [0.25, 0.3) is 0 Å². The fourth-order valence-corrected chi connectivity index (χ4v) is 7.54. The molecule has 0 spiro atoms. The first kappa shape index (κ1) is 59.8. The van der Waals surface area contributed by atoms with Crippen LogP contribution in [0.4, 0.5) is 0 Å². The molecule has 8 atom stereocenters. The van der Waals surface area contributed by atoms with E-state index < -0.39 is 75.7 Å². The summed E-state index contributed by atoms with van der Waals surface area (Å²) in [6, 6.07) is 0. The smallest absolute Gasteiger partial charge is 0.462 e. The first-order valence-electron chi connectivity index (χ1n) is 24.0. The van der Waals surface area contributed by atoms with Crippen LogP contribution in [0.15, 0.2) is 97.2 Å². The zero-order valence-corrected chi connectivity index (χ0v) is 40.1. The van der Waals surface area contributed by atoms with Crippen LogP contribution in [-0.4, -0.2) is 98.3 Å². The summed E-state index contributed by atoms with van der Waals surface area (Å²) < 4.78 is 33.5. The van der Waals surface area contributed by atoms with Gasteiger partial charge >= 0.3 is 19.8 Å². The van der Waals surface area contributed by atoms with Crippen molar-refractivity contribution < 1.29 is 63.1 Å². The van der Waals surface area contributed by atoms with Crippen molar-refractivity contribution in [1.82, 2.24) is 0 Å². The number of phosphoric acid groups is 1. The van der Waals surface area contributed by atoms with Gasteiger partial charge in [-0.3, -0.25) is 18.6 Å². The Kier molecular flexibility index (Phi) is 36.7. The number of rotatable bonds is 38. The third-order valence-corrected chi connectivity index (χ3v) is 11.4. The van der Waals surface area contributed by atoms with E-state index in [4.69, 9.17) is 18.5 Å². The van der Waals surface area contributed by atoms with Crippen molar-refractivity contribution in [2.24, 2.45) is 0 Å². The summed E-state index contributed by atoms with van der Waals surface area (Å²) in [5.74, 6) is -1.21. The maximum atomic E-state index is 12.8. The van der Waals surface area contributed by atoms with Crippen LogP contribution in [0.2, 0.25) is 0 Å². The van der Waals surface area contributed by atoms with Crippen LogP contribution >= 0.6 is 7.82 Å². The quantitative estimate of drug-likeness (QED) is 0.0148. The topological polar surface area (TPSA) is 210 Å². The molecule has 1 fully saturated rings. The molecule has 0 radical (unpaired) electrons. The van der Waals surface area contributed by atoms with Crippen LogP contribution in [0.1, 0.15) is 155 Å². The third-order valence-electron chi connectivity index (χ3n) is 10.4. The Labute approximate surface area is 390 Å². The van der Waals surface area contributed by atoms with E-state index in [1.807, 2.05) is 12.2 Å². The van der Waals surface area contributed by atoms with Gasteiger partial charge in [-0.1, -0.05) is 150 Å². The Morgan fingerprint density at radius 2 is 0.892 bits per heavy atom. The van der Waals surface area contributed by atoms with Crippen LogP contribution in [0, 0.1) is 0 Å². The SMILES string of the molecule is CC/C=C/C/C=C/C/C=C/C/C=C/C/C=C/CCCCCC(=O)OC[C@@H](COP(=O)(O)OC1C(O)C(O)C(O)[C@H](O)C1O)OC(=O)CCC/C=C/C/C=C/C/C=C/CCCCCCCC. The number of aliphatic hydroxyl groups excluding tert-OH is 5. The molecule has 65 heavy (non-hydrogen) atoms. The molecule has 1 rings (SSSR count). The molecule has 13 nitrogen and oxygen atoms in total. The van der Waals surface area contributed by atoms with Crippen molar-refractivity contribution in [3.63, 3.8) is 0 Å². The van der Waals surface area contributed by atoms with Gasteiger partial charge in [0, 0.05) is 12.8 Å². The van der Waals surface area contributed by atoms with Gasteiger partial charge in [0.1, 0.15) is 43.2 Å². The molecule has 0 aromatic rings. The lowest BCUT2D eigenvalue weighted by Gasteiger charge is -2.41. The fraction of sp³-hybridized carbons (Fsp3) is 0.647. The number of ether oxygens (including phenoxy) is 2. The van der Waals surface area contributed by atoms with E-state index in [2.05, 4.69) is 98.9 Å². The van der Waals surface area contributed by atoms with Crippen molar-refractivity contribution in [3.8, 4) is 0 Å². The van der Waals surface area contributed by atoms with Gasteiger partial charge in [0.05, 0.1) is 6.61 Å². The van der Waals surface area contributed by atoms with Gasteiger partial charge in [-0.05, 0) is 89.9 Å². The maximum absolute atomic E-state index is 12.8. The van der Waals surface area contributed by atoms with Gasteiger partial charge in [-0.25, -0.2) is 4.57 Å². The molecule has 1 aliphatic rings. The second-order valence-electron chi connectivity index (χ2n) is 16.2. The maximum Gasteiger partial charge on any atom is 0.472 e. The van der Waals surface area contributed by atoms with Crippen molar-refractivity contribution in [1.29, 1.82) is 0 Å². The minimum Gasteiger partial charge on any atom is -0.462 e. The molecule has 6 unspecified atom stereocenters. The number of esters is 2. The molecule has 0 amide bonds. The average molecular weight is 935 g/mol. The molecule has 0 aromatic heterocycles. The minimum absolute atomic E-state index is 0.0117. The number of phosphoric ester groups is 1. The molecule has 0 bridgehead atoms. The highest BCUT2D eigenvalue weighted by Crippen LogP contribution is 2.47. The van der Waals surface area contributed by atoms with Crippen LogP contribution < -0.4 is 0 Å². The van der Waals surface area contributed by atoms with E-state index >= 15 is 0 Å². The normalized spacial score (nSPS) is 22.3. The summed E-state index contributed by atoms with van der Waals surface area (Å²) in [6.45, 7) is 3.10. The molecule has 0 saturated heterocycles. The number of aliphatic hydroxyl groups is 5. The van der Waals surface area contributed by atoms with Gasteiger partial charge in [-0.2, -0.15) is 0 Å². The summed E-state index contributed by atoms with van der Waals surface area (Å²) in [5.41, 5.74) is 0. The molecule has 0 heterocycles. The lowest BCUT2D eigenvalue weighted by Crippen LogP contribution is -2.64. The van der Waals surface area contributed by atoms with Crippen molar-refractivity contribution in [2.75, 3.05) is 13.2 Å². The van der Waals surface area contributed by atoms with Gasteiger partial charge in [0.2, 0.25) is 0 Å². The molecular weight excluding hydrogens is 852 g/mol. The van der Waals surface area contributed by atoms with E-state index in [0.717, 1.165) is 70.6 Å². The first-order chi connectivity index (χ1) is 31.4. The zero-order chi connectivity index (χ0) is 47.8. The Morgan fingerprint density at radius 3 is 1.38 bits per heavy atom. The average Bonchev–Trinajstić information content (AvgIpc) is 3.29.